The quantitative estimate of drug-likeness (QED) is 0.859. The Hall–Kier alpha value is -1.47. The average molecular weight is 294 g/mol. The minimum atomic E-state index is -0.282. The molecular weight excluding hydrogens is 272 g/mol. The number of hydrogen-bond acceptors (Lipinski definition) is 6. The van der Waals surface area contributed by atoms with Crippen molar-refractivity contribution in [3.05, 3.63) is 12.2 Å². The fraction of sp³-hybridized carbons (Fsp3) is 0.786. The molecule has 0 unspecified atom stereocenters. The van der Waals surface area contributed by atoms with Crippen molar-refractivity contribution < 1.29 is 14.4 Å². The molecule has 21 heavy (non-hydrogen) atoms. The van der Waals surface area contributed by atoms with Gasteiger partial charge in [-0.2, -0.15) is 4.98 Å². The van der Waals surface area contributed by atoms with Gasteiger partial charge in [0.15, 0.2) is 5.82 Å². The number of piperidine rings is 2. The van der Waals surface area contributed by atoms with Crippen molar-refractivity contribution in [2.45, 2.75) is 37.7 Å². The van der Waals surface area contributed by atoms with E-state index in [1.807, 2.05) is 4.90 Å². The van der Waals surface area contributed by atoms with E-state index in [0.29, 0.717) is 19.0 Å². The average Bonchev–Trinajstić information content (AvgIpc) is 3.01. The van der Waals surface area contributed by atoms with Crippen LogP contribution in [0.4, 0.5) is 0 Å². The summed E-state index contributed by atoms with van der Waals surface area (Å²) in [4.78, 5) is 20.4. The Balaban J connectivity index is 1.46. The Morgan fingerprint density at radius 3 is 2.81 bits per heavy atom. The Kier molecular flexibility index (Phi) is 4.50. The highest BCUT2D eigenvalue weighted by molar-refractivity contribution is 5.78. The molecule has 7 heteroatoms. The monoisotopic (exact) mass is 294 g/mol. The molecule has 1 amide bonds. The van der Waals surface area contributed by atoms with Crippen LogP contribution < -0.4 is 0 Å². The predicted molar refractivity (Wildman–Crippen MR) is 74.5 cm³/mol. The van der Waals surface area contributed by atoms with Crippen molar-refractivity contribution in [2.75, 3.05) is 32.7 Å². The minimum absolute atomic E-state index is 0.163. The Morgan fingerprint density at radius 1 is 1.33 bits per heavy atom. The van der Waals surface area contributed by atoms with Crippen molar-refractivity contribution in [1.29, 1.82) is 0 Å². The van der Waals surface area contributed by atoms with E-state index < -0.39 is 0 Å². The molecule has 3 heterocycles. The zero-order valence-corrected chi connectivity index (χ0v) is 12.1. The largest absolute Gasteiger partial charge is 0.392 e. The summed E-state index contributed by atoms with van der Waals surface area (Å²) in [5, 5.41) is 13.5. The van der Waals surface area contributed by atoms with Gasteiger partial charge in [0, 0.05) is 25.6 Å². The molecule has 1 atom stereocenters. The Bertz CT molecular complexity index is 457. The van der Waals surface area contributed by atoms with Crippen LogP contribution in [0.1, 0.15) is 37.4 Å². The summed E-state index contributed by atoms with van der Waals surface area (Å²) in [6, 6.07) is 0. The third-order valence-electron chi connectivity index (χ3n) is 4.43. The lowest BCUT2D eigenvalue weighted by Crippen LogP contribution is -2.47. The number of hydrogen-bond donors (Lipinski definition) is 1. The lowest BCUT2D eigenvalue weighted by molar-refractivity contribution is -0.134. The number of rotatable bonds is 3. The standard InChI is InChI=1S/C14H22N4O3/c19-12-2-1-5-17(8-12)9-13(20)18-6-3-11(4-7-18)14-15-10-21-16-14/h10-12,19H,1-9H2/t12-/m1/s1. The SMILES string of the molecule is O=C(CN1CCC[C@@H](O)C1)N1CCC(c2ncon2)CC1. The highest BCUT2D eigenvalue weighted by atomic mass is 16.5. The number of β-amino-alcohol motifs (C(OH)–C–C–N with tert-alkyl or cyclic N) is 1. The normalized spacial score (nSPS) is 25.2. The summed E-state index contributed by atoms with van der Waals surface area (Å²) in [6.07, 6.45) is 4.65. The van der Waals surface area contributed by atoms with Gasteiger partial charge in [0.1, 0.15) is 0 Å². The topological polar surface area (TPSA) is 82.7 Å². The highest BCUT2D eigenvalue weighted by Crippen LogP contribution is 2.25. The summed E-state index contributed by atoms with van der Waals surface area (Å²) in [5.74, 6) is 1.21. The van der Waals surface area contributed by atoms with Crippen LogP contribution in [-0.2, 0) is 4.79 Å². The molecule has 1 aromatic heterocycles. The third-order valence-corrected chi connectivity index (χ3v) is 4.43. The van der Waals surface area contributed by atoms with Gasteiger partial charge in [-0.1, -0.05) is 5.16 Å². The number of likely N-dealkylation sites (tertiary alicyclic amines) is 2. The van der Waals surface area contributed by atoms with Gasteiger partial charge >= 0.3 is 0 Å². The van der Waals surface area contributed by atoms with Gasteiger partial charge in [0.05, 0.1) is 12.6 Å². The van der Waals surface area contributed by atoms with Crippen molar-refractivity contribution in [2.24, 2.45) is 0 Å². The number of carbonyl (C=O) groups is 1. The van der Waals surface area contributed by atoms with Gasteiger partial charge in [0.2, 0.25) is 12.3 Å². The minimum Gasteiger partial charge on any atom is -0.392 e. The lowest BCUT2D eigenvalue weighted by atomic mass is 9.96. The number of aliphatic hydroxyl groups excluding tert-OH is 1. The number of aromatic nitrogens is 2. The molecule has 0 spiro atoms. The van der Waals surface area contributed by atoms with E-state index in [1.165, 1.54) is 6.39 Å². The molecular formula is C14H22N4O3. The predicted octanol–water partition coefficient (Wildman–Crippen LogP) is 0.232. The van der Waals surface area contributed by atoms with Gasteiger partial charge in [-0.25, -0.2) is 0 Å². The van der Waals surface area contributed by atoms with E-state index in [1.54, 1.807) is 0 Å². The summed E-state index contributed by atoms with van der Waals surface area (Å²) in [5.41, 5.74) is 0. The first-order valence-corrected chi connectivity index (χ1v) is 7.67. The van der Waals surface area contributed by atoms with Crippen LogP contribution >= 0.6 is 0 Å². The molecule has 7 nitrogen and oxygen atoms in total. The number of aliphatic hydroxyl groups is 1. The molecule has 2 aliphatic heterocycles. The van der Waals surface area contributed by atoms with E-state index in [4.69, 9.17) is 4.52 Å². The third kappa shape index (κ3) is 3.59. The molecule has 0 aromatic carbocycles. The molecule has 2 fully saturated rings. The van der Waals surface area contributed by atoms with Crippen molar-refractivity contribution in [3.63, 3.8) is 0 Å². The number of amides is 1. The first kappa shape index (κ1) is 14.5. The van der Waals surface area contributed by atoms with Gasteiger partial charge in [-0.15, -0.1) is 0 Å². The summed E-state index contributed by atoms with van der Waals surface area (Å²) in [6.45, 7) is 3.43. The fourth-order valence-corrected chi connectivity index (χ4v) is 3.21. The maximum Gasteiger partial charge on any atom is 0.236 e. The smallest absolute Gasteiger partial charge is 0.236 e. The summed E-state index contributed by atoms with van der Waals surface area (Å²) < 4.78 is 4.78. The van der Waals surface area contributed by atoms with Gasteiger partial charge in [-0.3, -0.25) is 9.69 Å². The fourth-order valence-electron chi connectivity index (χ4n) is 3.21. The molecule has 2 aliphatic rings. The first-order chi connectivity index (χ1) is 10.2. The van der Waals surface area contributed by atoms with E-state index in [2.05, 4.69) is 15.0 Å². The second-order valence-electron chi connectivity index (χ2n) is 5.98. The van der Waals surface area contributed by atoms with E-state index >= 15 is 0 Å². The molecule has 0 bridgehead atoms. The van der Waals surface area contributed by atoms with Gasteiger partial charge < -0.3 is 14.5 Å². The highest BCUT2D eigenvalue weighted by Gasteiger charge is 2.28. The number of carbonyl (C=O) groups excluding carboxylic acids is 1. The maximum absolute atomic E-state index is 12.3. The van der Waals surface area contributed by atoms with Crippen LogP contribution in [0.15, 0.2) is 10.9 Å². The van der Waals surface area contributed by atoms with Crippen LogP contribution in [0.3, 0.4) is 0 Å². The molecule has 3 rings (SSSR count). The molecule has 0 aliphatic carbocycles. The van der Waals surface area contributed by atoms with E-state index in [9.17, 15) is 9.90 Å². The van der Waals surface area contributed by atoms with Crippen molar-refractivity contribution in [3.8, 4) is 0 Å². The zero-order chi connectivity index (χ0) is 14.7. The molecule has 0 saturated carbocycles. The van der Waals surface area contributed by atoms with Crippen LogP contribution in [0.2, 0.25) is 0 Å². The molecule has 1 N–H and O–H groups in total. The second-order valence-corrected chi connectivity index (χ2v) is 5.98. The molecule has 0 radical (unpaired) electrons. The van der Waals surface area contributed by atoms with Crippen molar-refractivity contribution in [1.82, 2.24) is 19.9 Å². The Morgan fingerprint density at radius 2 is 2.14 bits per heavy atom. The first-order valence-electron chi connectivity index (χ1n) is 7.67. The maximum atomic E-state index is 12.3. The molecule has 116 valence electrons. The van der Waals surface area contributed by atoms with Crippen LogP contribution in [-0.4, -0.2) is 69.8 Å². The summed E-state index contributed by atoms with van der Waals surface area (Å²) in [7, 11) is 0. The molecule has 2 saturated heterocycles. The van der Waals surface area contributed by atoms with Gasteiger partial charge in [0.25, 0.3) is 0 Å². The lowest BCUT2D eigenvalue weighted by Gasteiger charge is -2.34. The van der Waals surface area contributed by atoms with Crippen LogP contribution in [0, 0.1) is 0 Å². The van der Waals surface area contributed by atoms with Gasteiger partial charge in [-0.05, 0) is 32.2 Å². The van der Waals surface area contributed by atoms with E-state index in [-0.39, 0.29) is 12.0 Å². The molecule has 1 aromatic rings. The van der Waals surface area contributed by atoms with E-state index in [0.717, 1.165) is 51.1 Å². The number of nitrogens with zero attached hydrogens (tertiary/aromatic N) is 4. The van der Waals surface area contributed by atoms with Crippen molar-refractivity contribution >= 4 is 5.91 Å². The zero-order valence-electron chi connectivity index (χ0n) is 12.1. The van der Waals surface area contributed by atoms with Crippen LogP contribution in [0.25, 0.3) is 0 Å². The summed E-state index contributed by atoms with van der Waals surface area (Å²) >= 11 is 0. The second kappa shape index (κ2) is 6.53. The Labute approximate surface area is 123 Å². The van der Waals surface area contributed by atoms with Crippen LogP contribution in [0.5, 0.6) is 0 Å².